The molecule has 3 N–H and O–H groups in total. The van der Waals surface area contributed by atoms with Gasteiger partial charge in [-0.25, -0.2) is 4.79 Å². The Kier molecular flexibility index (Phi) is 12.1. The maximum absolute atomic E-state index is 13.5. The van der Waals surface area contributed by atoms with E-state index in [9.17, 15) is 19.2 Å². The molecule has 2 rings (SSSR count). The van der Waals surface area contributed by atoms with E-state index in [1.807, 2.05) is 78.8 Å². The lowest BCUT2D eigenvalue weighted by atomic mass is 9.85. The number of hydrogen-bond donors (Lipinski definition) is 3. The number of nitrogens with one attached hydrogen (secondary N) is 3. The lowest BCUT2D eigenvalue weighted by Gasteiger charge is -2.39. The lowest BCUT2D eigenvalue weighted by Crippen LogP contribution is -2.58. The summed E-state index contributed by atoms with van der Waals surface area (Å²) in [7, 11) is 0. The number of rotatable bonds is 12. The number of hydrogen-bond acceptors (Lipinski definition) is 5. The number of benzene rings is 1. The Labute approximate surface area is 245 Å². The maximum atomic E-state index is 13.5. The van der Waals surface area contributed by atoms with Gasteiger partial charge in [-0.2, -0.15) is 0 Å². The number of thioether (sulfide) groups is 1. The van der Waals surface area contributed by atoms with E-state index in [-0.39, 0.29) is 53.0 Å². The van der Waals surface area contributed by atoms with Crippen LogP contribution in [-0.2, 0) is 14.4 Å². The fraction of sp³-hybridized carbons (Fsp3) is 0.677. The molecular formula is C31H50N4O4S. The molecule has 0 saturated carbocycles. The normalized spacial score (nSPS) is 18.0. The zero-order valence-electron chi connectivity index (χ0n) is 25.8. The number of likely N-dealkylation sites (tertiary alicyclic amines) is 1. The van der Waals surface area contributed by atoms with E-state index in [0.717, 1.165) is 12.0 Å². The van der Waals surface area contributed by atoms with E-state index in [2.05, 4.69) is 29.8 Å². The quantitative estimate of drug-likeness (QED) is 0.280. The van der Waals surface area contributed by atoms with Crippen LogP contribution < -0.4 is 16.0 Å². The first-order chi connectivity index (χ1) is 18.5. The highest BCUT2D eigenvalue weighted by Gasteiger charge is 2.42. The number of carbonyl (C=O) groups is 4. The summed E-state index contributed by atoms with van der Waals surface area (Å²) < 4.78 is 0. The fourth-order valence-electron chi connectivity index (χ4n) is 4.71. The molecule has 8 nitrogen and oxygen atoms in total. The first kappa shape index (κ1) is 33.7. The Morgan fingerprint density at radius 1 is 1.00 bits per heavy atom. The number of urea groups is 1. The summed E-state index contributed by atoms with van der Waals surface area (Å²) in [5.74, 6) is 0.320. The number of imide groups is 1. The van der Waals surface area contributed by atoms with Crippen molar-refractivity contribution in [2.75, 3.05) is 5.75 Å². The minimum atomic E-state index is -0.682. The third-order valence-corrected chi connectivity index (χ3v) is 8.11. The van der Waals surface area contributed by atoms with Gasteiger partial charge in [0.15, 0.2) is 0 Å². The van der Waals surface area contributed by atoms with Crippen molar-refractivity contribution in [3.63, 3.8) is 0 Å². The van der Waals surface area contributed by atoms with Crippen LogP contribution in [0.2, 0.25) is 0 Å². The van der Waals surface area contributed by atoms with Gasteiger partial charge in [0.05, 0.1) is 17.8 Å². The van der Waals surface area contributed by atoms with Crippen molar-refractivity contribution in [1.82, 2.24) is 20.9 Å². The van der Waals surface area contributed by atoms with E-state index in [4.69, 9.17) is 0 Å². The topological polar surface area (TPSA) is 108 Å². The molecule has 1 unspecified atom stereocenters. The van der Waals surface area contributed by atoms with Crippen molar-refractivity contribution in [2.24, 2.45) is 16.7 Å². The van der Waals surface area contributed by atoms with Crippen LogP contribution in [0.15, 0.2) is 30.3 Å². The SMILES string of the molecule is CC[C@@H](NC(=O)N1C(=O)CC1SC[C@H](CC(C)C)NC(=O)[C@@H](NC(=O)CC(C)(C)C)C(C)(C)C)c1ccccc1. The fourth-order valence-corrected chi connectivity index (χ4v) is 6.00. The third kappa shape index (κ3) is 10.5. The van der Waals surface area contributed by atoms with Crippen molar-refractivity contribution < 1.29 is 19.2 Å². The van der Waals surface area contributed by atoms with Crippen LogP contribution in [0.5, 0.6) is 0 Å². The minimum absolute atomic E-state index is 0.145. The third-order valence-electron chi connectivity index (χ3n) is 6.75. The zero-order chi connectivity index (χ0) is 30.3. The van der Waals surface area contributed by atoms with E-state index >= 15 is 0 Å². The molecule has 4 atom stereocenters. The van der Waals surface area contributed by atoms with E-state index in [1.165, 1.54) is 16.7 Å². The monoisotopic (exact) mass is 574 g/mol. The number of nitrogens with zero attached hydrogens (tertiary/aromatic N) is 1. The minimum Gasteiger partial charge on any atom is -0.351 e. The molecule has 5 amide bonds. The first-order valence-electron chi connectivity index (χ1n) is 14.4. The molecule has 1 saturated heterocycles. The molecule has 40 heavy (non-hydrogen) atoms. The van der Waals surface area contributed by atoms with Gasteiger partial charge in [0.1, 0.15) is 6.04 Å². The predicted molar refractivity (Wildman–Crippen MR) is 163 cm³/mol. The van der Waals surface area contributed by atoms with Gasteiger partial charge in [-0.1, -0.05) is 92.6 Å². The summed E-state index contributed by atoms with van der Waals surface area (Å²) in [6.07, 6.45) is 2.06. The molecule has 9 heteroatoms. The second-order valence-corrected chi connectivity index (χ2v) is 14.7. The summed E-state index contributed by atoms with van der Waals surface area (Å²) in [5, 5.41) is 8.85. The molecule has 0 aromatic heterocycles. The van der Waals surface area contributed by atoms with Gasteiger partial charge in [0.2, 0.25) is 17.7 Å². The second-order valence-electron chi connectivity index (χ2n) is 13.5. The molecule has 224 valence electrons. The van der Waals surface area contributed by atoms with Crippen molar-refractivity contribution >= 4 is 35.5 Å². The largest absolute Gasteiger partial charge is 0.351 e. The van der Waals surface area contributed by atoms with Crippen LogP contribution >= 0.6 is 11.8 Å². The maximum Gasteiger partial charge on any atom is 0.325 e. The molecule has 0 radical (unpaired) electrons. The van der Waals surface area contributed by atoms with Crippen molar-refractivity contribution in [2.45, 2.75) is 111 Å². The number of β-lactam (4-membered cyclic amide) rings is 1. The van der Waals surface area contributed by atoms with Crippen molar-refractivity contribution in [3.05, 3.63) is 35.9 Å². The van der Waals surface area contributed by atoms with E-state index in [0.29, 0.717) is 24.5 Å². The van der Waals surface area contributed by atoms with Gasteiger partial charge < -0.3 is 16.0 Å². The van der Waals surface area contributed by atoms with Crippen LogP contribution in [0.4, 0.5) is 4.79 Å². The molecule has 0 spiro atoms. The van der Waals surface area contributed by atoms with Gasteiger partial charge in [0.25, 0.3) is 0 Å². The Bertz CT molecular complexity index is 1020. The van der Waals surface area contributed by atoms with Crippen LogP contribution in [0.1, 0.15) is 99.6 Å². The molecule has 1 fully saturated rings. The summed E-state index contributed by atoms with van der Waals surface area (Å²) in [5.41, 5.74) is 0.339. The molecular weight excluding hydrogens is 524 g/mol. The second kappa shape index (κ2) is 14.4. The summed E-state index contributed by atoms with van der Waals surface area (Å²) in [4.78, 5) is 52.9. The van der Waals surface area contributed by atoms with Crippen LogP contribution in [0.3, 0.4) is 0 Å². The highest BCUT2D eigenvalue weighted by molar-refractivity contribution is 8.00. The van der Waals surface area contributed by atoms with Crippen LogP contribution in [-0.4, -0.2) is 51.9 Å². The summed E-state index contributed by atoms with van der Waals surface area (Å²) >= 11 is 1.51. The average molecular weight is 575 g/mol. The first-order valence-corrected chi connectivity index (χ1v) is 15.5. The summed E-state index contributed by atoms with van der Waals surface area (Å²) in [6, 6.07) is 8.31. The van der Waals surface area contributed by atoms with Crippen molar-refractivity contribution in [3.8, 4) is 0 Å². The number of amides is 5. The Hall–Kier alpha value is -2.55. The molecule has 1 aromatic rings. The highest BCUT2D eigenvalue weighted by atomic mass is 32.2. The highest BCUT2D eigenvalue weighted by Crippen LogP contribution is 2.32. The molecule has 1 heterocycles. The molecule has 0 bridgehead atoms. The lowest BCUT2D eigenvalue weighted by molar-refractivity contribution is -0.137. The van der Waals surface area contributed by atoms with Gasteiger partial charge >= 0.3 is 6.03 Å². The standard InChI is InChI=1S/C31H50N4O4S/c1-10-23(21-14-12-11-13-15-21)33-29(39)35-25(37)17-26(35)40-19-22(16-20(2)3)32-28(38)27(31(7,8)9)34-24(36)18-30(4,5)6/h11-15,20,22-23,26-27H,10,16-19H2,1-9H3,(H,32,38)(H,33,39)(H,34,36)/t22-,23+,26?,27+/m0/s1. The molecule has 1 aliphatic heterocycles. The van der Waals surface area contributed by atoms with E-state index < -0.39 is 11.5 Å². The Morgan fingerprint density at radius 2 is 1.62 bits per heavy atom. The predicted octanol–water partition coefficient (Wildman–Crippen LogP) is 5.64. The van der Waals surface area contributed by atoms with Crippen molar-refractivity contribution in [1.29, 1.82) is 0 Å². The van der Waals surface area contributed by atoms with Crippen LogP contribution in [0.25, 0.3) is 0 Å². The molecule has 1 aromatic carbocycles. The Morgan fingerprint density at radius 3 is 2.12 bits per heavy atom. The van der Waals surface area contributed by atoms with Gasteiger partial charge in [0, 0.05) is 18.2 Å². The van der Waals surface area contributed by atoms with Gasteiger partial charge in [-0.05, 0) is 35.2 Å². The summed E-state index contributed by atoms with van der Waals surface area (Å²) in [6.45, 7) is 18.0. The van der Waals surface area contributed by atoms with Gasteiger partial charge in [-0.15, -0.1) is 11.8 Å². The molecule has 1 aliphatic rings. The zero-order valence-corrected chi connectivity index (χ0v) is 26.6. The van der Waals surface area contributed by atoms with Gasteiger partial charge in [-0.3, -0.25) is 19.3 Å². The molecule has 0 aliphatic carbocycles. The number of carbonyl (C=O) groups excluding carboxylic acids is 4. The van der Waals surface area contributed by atoms with E-state index in [1.54, 1.807) is 0 Å². The average Bonchev–Trinajstić information content (AvgIpc) is 2.81. The Balaban J connectivity index is 2.05. The van der Waals surface area contributed by atoms with Crippen LogP contribution in [0, 0.1) is 16.7 Å². The smallest absolute Gasteiger partial charge is 0.325 e.